The zero-order valence-electron chi connectivity index (χ0n) is 8.90. The summed E-state index contributed by atoms with van der Waals surface area (Å²) in [6.07, 6.45) is 0.290. The van der Waals surface area contributed by atoms with Crippen LogP contribution in [0.3, 0.4) is 0 Å². The molecule has 1 aromatic rings. The second-order valence-electron chi connectivity index (χ2n) is 3.08. The first-order valence-electron chi connectivity index (χ1n) is 4.95. The first-order valence-corrected chi connectivity index (χ1v) is 5.83. The largest absolute Gasteiger partial charge is 0.466 e. The topological polar surface area (TPSA) is 59.4 Å². The summed E-state index contributed by atoms with van der Waals surface area (Å²) in [4.78, 5) is 15.3. The highest BCUT2D eigenvalue weighted by Gasteiger charge is 2.12. The number of carbonyl (C=O) groups excluding carboxylic acids is 1. The van der Waals surface area contributed by atoms with Gasteiger partial charge in [0.15, 0.2) is 0 Å². The summed E-state index contributed by atoms with van der Waals surface area (Å²) in [5.41, 5.74) is 0.668. The molecule has 0 aliphatic heterocycles. The van der Waals surface area contributed by atoms with Crippen molar-refractivity contribution in [2.45, 2.75) is 32.8 Å². The van der Waals surface area contributed by atoms with Crippen molar-refractivity contribution in [1.29, 1.82) is 0 Å². The van der Waals surface area contributed by atoms with Crippen LogP contribution in [0.1, 0.15) is 37.1 Å². The Morgan fingerprint density at radius 3 is 3.00 bits per heavy atom. The number of rotatable bonds is 5. The summed E-state index contributed by atoms with van der Waals surface area (Å²) in [7, 11) is 0. The SMILES string of the molecule is CCOC(=O)Cc1csc(C(O)CC)n1. The van der Waals surface area contributed by atoms with E-state index in [1.54, 1.807) is 12.3 Å². The minimum atomic E-state index is -0.522. The van der Waals surface area contributed by atoms with Gasteiger partial charge in [-0.1, -0.05) is 6.92 Å². The van der Waals surface area contributed by atoms with Crippen molar-refractivity contribution >= 4 is 17.3 Å². The molecule has 0 radical (unpaired) electrons. The molecule has 1 N–H and O–H groups in total. The summed E-state index contributed by atoms with van der Waals surface area (Å²) < 4.78 is 4.81. The van der Waals surface area contributed by atoms with Crippen LogP contribution in [0.25, 0.3) is 0 Å². The Bertz CT molecular complexity index is 324. The van der Waals surface area contributed by atoms with Crippen LogP contribution in [-0.2, 0) is 16.0 Å². The molecule has 1 rings (SSSR count). The normalized spacial score (nSPS) is 12.5. The molecule has 0 aliphatic carbocycles. The summed E-state index contributed by atoms with van der Waals surface area (Å²) in [6, 6.07) is 0. The second-order valence-corrected chi connectivity index (χ2v) is 3.97. The predicted octanol–water partition coefficient (Wildman–Crippen LogP) is 1.69. The molecule has 0 aromatic carbocycles. The van der Waals surface area contributed by atoms with Gasteiger partial charge in [0.25, 0.3) is 0 Å². The number of thiazole rings is 1. The van der Waals surface area contributed by atoms with Crippen LogP contribution >= 0.6 is 11.3 Å². The van der Waals surface area contributed by atoms with Gasteiger partial charge in [-0.3, -0.25) is 4.79 Å². The molecular formula is C10H15NO3S. The number of hydrogen-bond acceptors (Lipinski definition) is 5. The smallest absolute Gasteiger partial charge is 0.311 e. The number of aliphatic hydroxyl groups is 1. The Hall–Kier alpha value is -0.940. The standard InChI is InChI=1S/C10H15NO3S/c1-3-8(12)10-11-7(6-15-10)5-9(13)14-4-2/h6,8,12H,3-5H2,1-2H3. The third-order valence-corrected chi connectivity index (χ3v) is 2.87. The summed E-state index contributed by atoms with van der Waals surface area (Å²) in [5, 5.41) is 12.0. The molecule has 0 fully saturated rings. The van der Waals surface area contributed by atoms with Crippen molar-refractivity contribution in [2.75, 3.05) is 6.61 Å². The van der Waals surface area contributed by atoms with E-state index in [1.807, 2.05) is 6.92 Å². The lowest BCUT2D eigenvalue weighted by atomic mass is 10.3. The minimum Gasteiger partial charge on any atom is -0.466 e. The average molecular weight is 229 g/mol. The van der Waals surface area contributed by atoms with Crippen LogP contribution in [0.5, 0.6) is 0 Å². The molecule has 5 heteroatoms. The number of hydrogen-bond donors (Lipinski definition) is 1. The highest BCUT2D eigenvalue weighted by molar-refractivity contribution is 7.09. The van der Waals surface area contributed by atoms with Crippen LogP contribution in [0, 0.1) is 0 Å². The average Bonchev–Trinajstić information content (AvgIpc) is 2.65. The highest BCUT2D eigenvalue weighted by Crippen LogP contribution is 2.20. The maximum Gasteiger partial charge on any atom is 0.311 e. The van der Waals surface area contributed by atoms with E-state index in [4.69, 9.17) is 4.74 Å². The highest BCUT2D eigenvalue weighted by atomic mass is 32.1. The summed E-state index contributed by atoms with van der Waals surface area (Å²) in [5.74, 6) is -0.277. The van der Waals surface area contributed by atoms with Crippen LogP contribution in [0.4, 0.5) is 0 Å². The van der Waals surface area contributed by atoms with Gasteiger partial charge in [0.2, 0.25) is 0 Å². The Labute approximate surface area is 92.9 Å². The number of nitrogens with zero attached hydrogens (tertiary/aromatic N) is 1. The minimum absolute atomic E-state index is 0.181. The Morgan fingerprint density at radius 1 is 1.67 bits per heavy atom. The van der Waals surface area contributed by atoms with E-state index in [9.17, 15) is 9.90 Å². The van der Waals surface area contributed by atoms with Gasteiger partial charge in [0.05, 0.1) is 18.7 Å². The molecule has 0 saturated carbocycles. The monoisotopic (exact) mass is 229 g/mol. The first-order chi connectivity index (χ1) is 7.17. The quantitative estimate of drug-likeness (QED) is 0.781. The molecule has 0 spiro atoms. The van der Waals surface area contributed by atoms with Gasteiger partial charge in [-0.2, -0.15) is 0 Å². The fraction of sp³-hybridized carbons (Fsp3) is 0.600. The molecule has 15 heavy (non-hydrogen) atoms. The molecule has 4 nitrogen and oxygen atoms in total. The zero-order chi connectivity index (χ0) is 11.3. The van der Waals surface area contributed by atoms with Crippen LogP contribution in [0.15, 0.2) is 5.38 Å². The van der Waals surface area contributed by atoms with Crippen molar-refractivity contribution in [3.63, 3.8) is 0 Å². The fourth-order valence-corrected chi connectivity index (χ4v) is 1.98. The lowest BCUT2D eigenvalue weighted by Crippen LogP contribution is -2.08. The van der Waals surface area contributed by atoms with E-state index in [0.717, 1.165) is 0 Å². The van der Waals surface area contributed by atoms with E-state index >= 15 is 0 Å². The third kappa shape index (κ3) is 3.60. The van der Waals surface area contributed by atoms with Gasteiger partial charge in [0.1, 0.15) is 11.1 Å². The number of aliphatic hydroxyl groups excluding tert-OH is 1. The van der Waals surface area contributed by atoms with Crippen molar-refractivity contribution in [2.24, 2.45) is 0 Å². The van der Waals surface area contributed by atoms with Crippen molar-refractivity contribution in [3.05, 3.63) is 16.1 Å². The van der Waals surface area contributed by atoms with Gasteiger partial charge < -0.3 is 9.84 Å². The number of ether oxygens (including phenoxy) is 1. The van der Waals surface area contributed by atoms with E-state index < -0.39 is 6.10 Å². The summed E-state index contributed by atoms with van der Waals surface area (Å²) in [6.45, 7) is 4.04. The molecule has 0 bridgehead atoms. The lowest BCUT2D eigenvalue weighted by molar-refractivity contribution is -0.142. The molecule has 0 amide bonds. The van der Waals surface area contributed by atoms with E-state index in [1.165, 1.54) is 11.3 Å². The van der Waals surface area contributed by atoms with E-state index in [-0.39, 0.29) is 12.4 Å². The number of aromatic nitrogens is 1. The van der Waals surface area contributed by atoms with Crippen LogP contribution in [0.2, 0.25) is 0 Å². The maximum absolute atomic E-state index is 11.1. The van der Waals surface area contributed by atoms with Gasteiger partial charge in [-0.25, -0.2) is 4.98 Å². The van der Waals surface area contributed by atoms with E-state index in [0.29, 0.717) is 23.7 Å². The molecule has 1 heterocycles. The molecule has 84 valence electrons. The van der Waals surface area contributed by atoms with Gasteiger partial charge in [-0.05, 0) is 13.3 Å². The lowest BCUT2D eigenvalue weighted by Gasteiger charge is -2.01. The van der Waals surface area contributed by atoms with Crippen LogP contribution < -0.4 is 0 Å². The number of esters is 1. The first kappa shape index (κ1) is 12.1. The number of carbonyl (C=O) groups is 1. The summed E-state index contributed by atoms with van der Waals surface area (Å²) >= 11 is 1.37. The Balaban J connectivity index is 2.56. The second kappa shape index (κ2) is 5.82. The molecule has 0 saturated heterocycles. The van der Waals surface area contributed by atoms with Crippen molar-refractivity contribution in [3.8, 4) is 0 Å². The fourth-order valence-electron chi connectivity index (χ4n) is 1.09. The van der Waals surface area contributed by atoms with E-state index in [2.05, 4.69) is 4.98 Å². The zero-order valence-corrected chi connectivity index (χ0v) is 9.71. The van der Waals surface area contributed by atoms with Gasteiger partial charge in [0, 0.05) is 5.38 Å². The third-order valence-electron chi connectivity index (χ3n) is 1.87. The molecule has 1 atom stereocenters. The molecule has 0 aliphatic rings. The molecule has 1 aromatic heterocycles. The van der Waals surface area contributed by atoms with Gasteiger partial charge in [-0.15, -0.1) is 11.3 Å². The van der Waals surface area contributed by atoms with Gasteiger partial charge >= 0.3 is 5.97 Å². The van der Waals surface area contributed by atoms with Crippen LogP contribution in [-0.4, -0.2) is 22.7 Å². The molecule has 1 unspecified atom stereocenters. The Kier molecular flexibility index (Phi) is 4.71. The molecular weight excluding hydrogens is 214 g/mol. The Morgan fingerprint density at radius 2 is 2.40 bits per heavy atom. The predicted molar refractivity (Wildman–Crippen MR) is 57.7 cm³/mol. The van der Waals surface area contributed by atoms with Crippen molar-refractivity contribution < 1.29 is 14.6 Å². The van der Waals surface area contributed by atoms with Crippen molar-refractivity contribution in [1.82, 2.24) is 4.98 Å². The maximum atomic E-state index is 11.1.